The van der Waals surface area contributed by atoms with Crippen molar-refractivity contribution in [2.75, 3.05) is 7.11 Å². The minimum Gasteiger partial charge on any atom is -0.464 e. The minimum atomic E-state index is -0.437. The van der Waals surface area contributed by atoms with Crippen molar-refractivity contribution in [3.05, 3.63) is 23.5 Å². The average molecular weight is 191 g/mol. The third-order valence-electron chi connectivity index (χ3n) is 1.51. The molecule has 0 spiro atoms. The van der Waals surface area contributed by atoms with Crippen LogP contribution in [0.2, 0.25) is 0 Å². The maximum absolute atomic E-state index is 11.0. The number of hydrogen-bond donors (Lipinski definition) is 1. The van der Waals surface area contributed by atoms with Crippen LogP contribution in [-0.4, -0.2) is 24.3 Å². The Hall–Kier alpha value is -2.02. The van der Waals surface area contributed by atoms with E-state index in [4.69, 9.17) is 0 Å². The molecule has 1 rings (SSSR count). The van der Waals surface area contributed by atoms with Crippen LogP contribution in [0.25, 0.3) is 0 Å². The second kappa shape index (κ2) is 4.87. The number of ether oxygens (including phenoxy) is 1. The highest BCUT2D eigenvalue weighted by Crippen LogP contribution is 2.02. The molecular formula is C10H9NO3. The van der Waals surface area contributed by atoms with Crippen LogP contribution < -0.4 is 0 Å². The van der Waals surface area contributed by atoms with Crippen molar-refractivity contribution in [2.45, 2.75) is 6.42 Å². The van der Waals surface area contributed by atoms with Crippen LogP contribution in [0.4, 0.5) is 0 Å². The van der Waals surface area contributed by atoms with Crippen LogP contribution in [0.5, 0.6) is 0 Å². The molecule has 1 aromatic heterocycles. The number of aromatic amines is 1. The summed E-state index contributed by atoms with van der Waals surface area (Å²) < 4.78 is 4.50. The van der Waals surface area contributed by atoms with Gasteiger partial charge in [-0.15, -0.1) is 0 Å². The smallest absolute Gasteiger partial charge is 0.354 e. The largest absolute Gasteiger partial charge is 0.464 e. The van der Waals surface area contributed by atoms with Gasteiger partial charge in [0.15, 0.2) is 0 Å². The maximum Gasteiger partial charge on any atom is 0.354 e. The molecule has 0 saturated heterocycles. The van der Waals surface area contributed by atoms with Gasteiger partial charge in [-0.3, -0.25) is 0 Å². The molecule has 0 aliphatic rings. The van der Waals surface area contributed by atoms with Gasteiger partial charge in [0.05, 0.1) is 13.5 Å². The highest BCUT2D eigenvalue weighted by Gasteiger charge is 2.06. The topological polar surface area (TPSA) is 59.2 Å². The number of aromatic nitrogens is 1. The SMILES string of the molecule is COC(=O)c1cc(C#CCC=O)c[nH]1. The lowest BCUT2D eigenvalue weighted by Gasteiger charge is -1.91. The van der Waals surface area contributed by atoms with Gasteiger partial charge in [-0.05, 0) is 6.07 Å². The van der Waals surface area contributed by atoms with Gasteiger partial charge in [-0.2, -0.15) is 0 Å². The first-order chi connectivity index (χ1) is 6.77. The number of rotatable bonds is 2. The van der Waals surface area contributed by atoms with Gasteiger partial charge in [0, 0.05) is 11.8 Å². The number of esters is 1. The standard InChI is InChI=1S/C10H9NO3/c1-14-10(13)9-6-8(7-11-9)4-2-3-5-12/h5-7,11H,3H2,1H3. The molecule has 0 atom stereocenters. The molecule has 1 N–H and O–H groups in total. The Morgan fingerprint density at radius 3 is 3.14 bits per heavy atom. The molecule has 1 heterocycles. The van der Waals surface area contributed by atoms with Crippen LogP contribution in [0.3, 0.4) is 0 Å². The number of aldehydes is 1. The van der Waals surface area contributed by atoms with Gasteiger partial charge in [0.1, 0.15) is 12.0 Å². The van der Waals surface area contributed by atoms with E-state index in [-0.39, 0.29) is 6.42 Å². The van der Waals surface area contributed by atoms with Crippen LogP contribution in [0.1, 0.15) is 22.5 Å². The Balaban J connectivity index is 2.74. The molecule has 0 radical (unpaired) electrons. The number of carbonyl (C=O) groups excluding carboxylic acids is 2. The Morgan fingerprint density at radius 2 is 2.50 bits per heavy atom. The number of H-pyrrole nitrogens is 1. The summed E-state index contributed by atoms with van der Waals surface area (Å²) >= 11 is 0. The molecule has 0 bridgehead atoms. The van der Waals surface area contributed by atoms with E-state index in [2.05, 4.69) is 21.6 Å². The molecule has 0 saturated carbocycles. The molecule has 0 fully saturated rings. The summed E-state index contributed by atoms with van der Waals surface area (Å²) in [7, 11) is 1.31. The second-order valence-electron chi connectivity index (χ2n) is 2.47. The van der Waals surface area contributed by atoms with E-state index in [1.165, 1.54) is 7.11 Å². The first-order valence-electron chi connectivity index (χ1n) is 3.97. The van der Waals surface area contributed by atoms with E-state index >= 15 is 0 Å². The first kappa shape index (κ1) is 10.1. The monoisotopic (exact) mass is 191 g/mol. The van der Waals surface area contributed by atoms with Crippen LogP contribution in [0.15, 0.2) is 12.3 Å². The number of carbonyl (C=O) groups is 2. The van der Waals surface area contributed by atoms with Gasteiger partial charge in [0.25, 0.3) is 0 Å². The summed E-state index contributed by atoms with van der Waals surface area (Å²) in [6.45, 7) is 0. The molecule has 72 valence electrons. The molecule has 4 heteroatoms. The highest BCUT2D eigenvalue weighted by molar-refractivity contribution is 5.87. The summed E-state index contributed by atoms with van der Waals surface area (Å²) in [6, 6.07) is 1.57. The van der Waals surface area contributed by atoms with Gasteiger partial charge in [-0.1, -0.05) is 11.8 Å². The van der Waals surface area contributed by atoms with Crippen LogP contribution in [-0.2, 0) is 9.53 Å². The van der Waals surface area contributed by atoms with E-state index in [0.717, 1.165) is 6.29 Å². The lowest BCUT2D eigenvalue weighted by molar-refractivity contribution is -0.107. The van der Waals surface area contributed by atoms with Crippen molar-refractivity contribution in [3.63, 3.8) is 0 Å². The van der Waals surface area contributed by atoms with Crippen molar-refractivity contribution >= 4 is 12.3 Å². The van der Waals surface area contributed by atoms with Crippen molar-refractivity contribution in [2.24, 2.45) is 0 Å². The third kappa shape index (κ3) is 2.49. The zero-order valence-electron chi connectivity index (χ0n) is 7.66. The molecule has 0 amide bonds. The fourth-order valence-electron chi connectivity index (χ4n) is 0.889. The Labute approximate surface area is 81.3 Å². The summed E-state index contributed by atoms with van der Waals surface area (Å²) in [6.07, 6.45) is 2.50. The summed E-state index contributed by atoms with van der Waals surface area (Å²) in [5.74, 6) is 4.92. The maximum atomic E-state index is 11.0. The van der Waals surface area contributed by atoms with E-state index in [0.29, 0.717) is 11.3 Å². The Kier molecular flexibility index (Phi) is 3.50. The highest BCUT2D eigenvalue weighted by atomic mass is 16.5. The molecular weight excluding hydrogens is 182 g/mol. The number of nitrogens with one attached hydrogen (secondary N) is 1. The summed E-state index contributed by atoms with van der Waals surface area (Å²) in [4.78, 5) is 23.7. The molecule has 0 unspecified atom stereocenters. The molecule has 0 aliphatic heterocycles. The van der Waals surface area contributed by atoms with Crippen LogP contribution in [0, 0.1) is 11.8 Å². The Bertz CT molecular complexity index is 395. The van der Waals surface area contributed by atoms with E-state index in [9.17, 15) is 9.59 Å². The minimum absolute atomic E-state index is 0.193. The molecule has 14 heavy (non-hydrogen) atoms. The van der Waals surface area contributed by atoms with Crippen molar-refractivity contribution in [1.82, 2.24) is 4.98 Å². The van der Waals surface area contributed by atoms with E-state index in [1.54, 1.807) is 12.3 Å². The van der Waals surface area contributed by atoms with Gasteiger partial charge in [-0.25, -0.2) is 4.79 Å². The van der Waals surface area contributed by atoms with Crippen molar-refractivity contribution < 1.29 is 14.3 Å². The second-order valence-corrected chi connectivity index (χ2v) is 2.47. The molecule has 0 aliphatic carbocycles. The average Bonchev–Trinajstić information content (AvgIpc) is 2.66. The normalized spacial score (nSPS) is 8.64. The molecule has 1 aromatic rings. The van der Waals surface area contributed by atoms with Gasteiger partial charge >= 0.3 is 5.97 Å². The zero-order chi connectivity index (χ0) is 10.4. The quantitative estimate of drug-likeness (QED) is 0.426. The fraction of sp³-hybridized carbons (Fsp3) is 0.200. The summed E-state index contributed by atoms with van der Waals surface area (Å²) in [5.41, 5.74) is 1.01. The van der Waals surface area contributed by atoms with Crippen molar-refractivity contribution in [1.29, 1.82) is 0 Å². The van der Waals surface area contributed by atoms with Crippen molar-refractivity contribution in [3.8, 4) is 11.8 Å². The summed E-state index contributed by atoms with van der Waals surface area (Å²) in [5, 5.41) is 0. The predicted octanol–water partition coefficient (Wildman–Crippen LogP) is 0.742. The number of methoxy groups -OCH3 is 1. The fourth-order valence-corrected chi connectivity index (χ4v) is 0.889. The third-order valence-corrected chi connectivity index (χ3v) is 1.51. The Morgan fingerprint density at radius 1 is 1.71 bits per heavy atom. The lowest BCUT2D eigenvalue weighted by atomic mass is 10.3. The lowest BCUT2D eigenvalue weighted by Crippen LogP contribution is -2.00. The van der Waals surface area contributed by atoms with Gasteiger partial charge < -0.3 is 14.5 Å². The molecule has 4 nitrogen and oxygen atoms in total. The van der Waals surface area contributed by atoms with E-state index in [1.807, 2.05) is 0 Å². The molecule has 0 aromatic carbocycles. The number of hydrogen-bond acceptors (Lipinski definition) is 3. The zero-order valence-corrected chi connectivity index (χ0v) is 7.66. The first-order valence-corrected chi connectivity index (χ1v) is 3.97. The van der Waals surface area contributed by atoms with E-state index < -0.39 is 5.97 Å². The van der Waals surface area contributed by atoms with Gasteiger partial charge in [0.2, 0.25) is 0 Å². The van der Waals surface area contributed by atoms with Crippen LogP contribution >= 0.6 is 0 Å². The predicted molar refractivity (Wildman–Crippen MR) is 49.7 cm³/mol.